The van der Waals surface area contributed by atoms with Crippen molar-refractivity contribution in [3.63, 3.8) is 0 Å². The summed E-state index contributed by atoms with van der Waals surface area (Å²) in [7, 11) is 5.36. The molecule has 2 aromatic heterocycles. The van der Waals surface area contributed by atoms with Crippen LogP contribution in [0.5, 0.6) is 5.88 Å². The Morgan fingerprint density at radius 2 is 2.19 bits per heavy atom. The minimum absolute atomic E-state index is 0.0646. The van der Waals surface area contributed by atoms with Gasteiger partial charge >= 0.3 is 0 Å². The van der Waals surface area contributed by atoms with Gasteiger partial charge in [0.1, 0.15) is 6.10 Å². The average molecular weight is 359 g/mol. The number of hydrogen-bond donors (Lipinski definition) is 1. The maximum Gasteiger partial charge on any atom is 0.255 e. The van der Waals surface area contributed by atoms with Crippen LogP contribution in [0.4, 0.5) is 0 Å². The Labute approximate surface area is 153 Å². The molecule has 0 saturated carbocycles. The fraction of sp³-hybridized carbons (Fsp3) is 0.500. The van der Waals surface area contributed by atoms with Gasteiger partial charge in [0.2, 0.25) is 5.88 Å². The molecule has 2 aromatic rings. The third kappa shape index (κ3) is 4.03. The number of fused-ring (bicyclic) bond motifs is 1. The van der Waals surface area contributed by atoms with Gasteiger partial charge in [0.15, 0.2) is 0 Å². The lowest BCUT2D eigenvalue weighted by atomic mass is 10.2. The lowest BCUT2D eigenvalue weighted by Crippen LogP contribution is -2.30. The number of carbonyl (C=O) groups is 1. The zero-order valence-corrected chi connectivity index (χ0v) is 15.4. The molecule has 3 rings (SSSR count). The molecule has 8 nitrogen and oxygen atoms in total. The van der Waals surface area contributed by atoms with Crippen molar-refractivity contribution in [1.82, 2.24) is 24.6 Å². The van der Waals surface area contributed by atoms with E-state index in [1.165, 1.54) is 6.20 Å². The van der Waals surface area contributed by atoms with Crippen molar-refractivity contribution in [1.29, 1.82) is 0 Å². The third-order valence-electron chi connectivity index (χ3n) is 4.39. The molecule has 3 heterocycles. The molecule has 0 aromatic carbocycles. The fourth-order valence-electron chi connectivity index (χ4n) is 3.07. The fourth-order valence-corrected chi connectivity index (χ4v) is 3.07. The Bertz CT molecular complexity index is 757. The van der Waals surface area contributed by atoms with Crippen LogP contribution in [0.25, 0.3) is 0 Å². The molecule has 1 aliphatic rings. The first kappa shape index (κ1) is 18.3. The molecule has 0 radical (unpaired) electrons. The van der Waals surface area contributed by atoms with Gasteiger partial charge in [-0.3, -0.25) is 9.48 Å². The summed E-state index contributed by atoms with van der Waals surface area (Å²) in [5.74, 6) is 0.417. The Morgan fingerprint density at radius 1 is 1.38 bits per heavy atom. The Kier molecular flexibility index (Phi) is 5.53. The number of likely N-dealkylation sites (N-methyl/N-ethyl adjacent to an activating group) is 1. The van der Waals surface area contributed by atoms with E-state index < -0.39 is 6.10 Å². The average Bonchev–Trinajstić information content (AvgIpc) is 2.92. The van der Waals surface area contributed by atoms with Crippen molar-refractivity contribution in [3.8, 4) is 5.88 Å². The van der Waals surface area contributed by atoms with E-state index in [2.05, 4.69) is 10.1 Å². The van der Waals surface area contributed by atoms with Crippen LogP contribution in [0.1, 0.15) is 34.3 Å². The highest BCUT2D eigenvalue weighted by Gasteiger charge is 2.23. The normalized spacial score (nSPS) is 15.5. The van der Waals surface area contributed by atoms with Gasteiger partial charge < -0.3 is 19.6 Å². The van der Waals surface area contributed by atoms with Crippen molar-refractivity contribution < 1.29 is 14.6 Å². The SMILES string of the molecule is COc1ccc(C(=O)N2CCCn3nc([C@@H](O)CN(C)C)cc3C2)cn1. The number of aromatic nitrogens is 3. The minimum Gasteiger partial charge on any atom is -0.481 e. The number of aliphatic hydroxyl groups is 1. The van der Waals surface area contributed by atoms with E-state index in [1.54, 1.807) is 24.1 Å². The number of pyridine rings is 1. The van der Waals surface area contributed by atoms with Crippen molar-refractivity contribution >= 4 is 5.91 Å². The van der Waals surface area contributed by atoms with Gasteiger partial charge in [-0.2, -0.15) is 5.10 Å². The highest BCUT2D eigenvalue weighted by Crippen LogP contribution is 2.20. The van der Waals surface area contributed by atoms with Crippen LogP contribution in [0, 0.1) is 0 Å². The molecule has 26 heavy (non-hydrogen) atoms. The van der Waals surface area contributed by atoms with Gasteiger partial charge in [-0.05, 0) is 32.6 Å². The molecule has 140 valence electrons. The number of amides is 1. The predicted octanol–water partition coefficient (Wildman–Crippen LogP) is 0.928. The molecule has 0 unspecified atom stereocenters. The van der Waals surface area contributed by atoms with Crippen molar-refractivity contribution in [2.75, 3.05) is 34.3 Å². The van der Waals surface area contributed by atoms with Crippen LogP contribution >= 0.6 is 0 Å². The summed E-state index contributed by atoms with van der Waals surface area (Å²) in [6, 6.07) is 5.31. The molecule has 1 aliphatic heterocycles. The molecule has 0 saturated heterocycles. The molecule has 0 bridgehead atoms. The number of aliphatic hydroxyl groups excluding tert-OH is 1. The lowest BCUT2D eigenvalue weighted by molar-refractivity contribution is 0.0745. The minimum atomic E-state index is -0.639. The molecule has 1 atom stereocenters. The van der Waals surface area contributed by atoms with E-state index in [1.807, 2.05) is 29.7 Å². The van der Waals surface area contributed by atoms with E-state index in [0.717, 1.165) is 18.7 Å². The third-order valence-corrected chi connectivity index (χ3v) is 4.39. The monoisotopic (exact) mass is 359 g/mol. The van der Waals surface area contributed by atoms with Crippen LogP contribution in [-0.2, 0) is 13.1 Å². The maximum absolute atomic E-state index is 12.8. The maximum atomic E-state index is 12.8. The lowest BCUT2D eigenvalue weighted by Gasteiger charge is -2.20. The van der Waals surface area contributed by atoms with E-state index in [-0.39, 0.29) is 5.91 Å². The Hall–Kier alpha value is -2.45. The van der Waals surface area contributed by atoms with Gasteiger partial charge in [-0.25, -0.2) is 4.98 Å². The molecular weight excluding hydrogens is 334 g/mol. The highest BCUT2D eigenvalue weighted by atomic mass is 16.5. The molecule has 0 fully saturated rings. The number of carbonyl (C=O) groups excluding carboxylic acids is 1. The van der Waals surface area contributed by atoms with E-state index in [9.17, 15) is 9.90 Å². The Balaban J connectivity index is 1.76. The zero-order chi connectivity index (χ0) is 18.7. The summed E-state index contributed by atoms with van der Waals surface area (Å²) < 4.78 is 6.94. The topological polar surface area (TPSA) is 83.7 Å². The van der Waals surface area contributed by atoms with Gasteiger partial charge in [0.05, 0.1) is 30.6 Å². The van der Waals surface area contributed by atoms with E-state index in [0.29, 0.717) is 36.8 Å². The number of methoxy groups -OCH3 is 1. The molecule has 0 spiro atoms. The van der Waals surface area contributed by atoms with Crippen LogP contribution in [-0.4, -0.2) is 69.9 Å². The summed E-state index contributed by atoms with van der Waals surface area (Å²) in [6.45, 7) is 2.36. The first-order valence-electron chi connectivity index (χ1n) is 8.66. The van der Waals surface area contributed by atoms with Gasteiger partial charge in [-0.1, -0.05) is 0 Å². The van der Waals surface area contributed by atoms with Gasteiger partial charge in [-0.15, -0.1) is 0 Å². The van der Waals surface area contributed by atoms with Gasteiger partial charge in [0, 0.05) is 31.9 Å². The predicted molar refractivity (Wildman–Crippen MR) is 95.9 cm³/mol. The van der Waals surface area contributed by atoms with Crippen LogP contribution in [0.2, 0.25) is 0 Å². The zero-order valence-electron chi connectivity index (χ0n) is 15.4. The van der Waals surface area contributed by atoms with Crippen LogP contribution in [0.3, 0.4) is 0 Å². The number of nitrogens with zero attached hydrogens (tertiary/aromatic N) is 5. The summed E-state index contributed by atoms with van der Waals surface area (Å²) in [5.41, 5.74) is 2.12. The first-order chi connectivity index (χ1) is 12.5. The number of aryl methyl sites for hydroxylation is 1. The molecule has 0 aliphatic carbocycles. The summed E-state index contributed by atoms with van der Waals surface area (Å²) in [6.07, 6.45) is 1.71. The Morgan fingerprint density at radius 3 is 2.85 bits per heavy atom. The molecule has 1 amide bonds. The second-order valence-corrected chi connectivity index (χ2v) is 6.73. The summed E-state index contributed by atoms with van der Waals surface area (Å²) >= 11 is 0. The summed E-state index contributed by atoms with van der Waals surface area (Å²) in [4.78, 5) is 20.6. The quantitative estimate of drug-likeness (QED) is 0.855. The smallest absolute Gasteiger partial charge is 0.255 e. The molecule has 8 heteroatoms. The second kappa shape index (κ2) is 7.84. The molecule has 1 N–H and O–H groups in total. The summed E-state index contributed by atoms with van der Waals surface area (Å²) in [5, 5.41) is 14.8. The first-order valence-corrected chi connectivity index (χ1v) is 8.66. The largest absolute Gasteiger partial charge is 0.481 e. The highest BCUT2D eigenvalue weighted by molar-refractivity contribution is 5.93. The van der Waals surface area contributed by atoms with Crippen molar-refractivity contribution in [2.24, 2.45) is 0 Å². The van der Waals surface area contributed by atoms with E-state index >= 15 is 0 Å². The number of hydrogen-bond acceptors (Lipinski definition) is 6. The standard InChI is InChI=1S/C18H25N5O3/c1-21(2)12-16(24)15-9-14-11-22(7-4-8-23(14)20-15)18(25)13-5-6-17(26-3)19-10-13/h5-6,9-10,16,24H,4,7-8,11-12H2,1-3H3/t16-/m0/s1. The second-order valence-electron chi connectivity index (χ2n) is 6.73. The molecular formula is C18H25N5O3. The van der Waals surface area contributed by atoms with E-state index in [4.69, 9.17) is 4.74 Å². The van der Waals surface area contributed by atoms with Crippen LogP contribution < -0.4 is 4.74 Å². The van der Waals surface area contributed by atoms with Crippen molar-refractivity contribution in [2.45, 2.75) is 25.6 Å². The van der Waals surface area contributed by atoms with Crippen LogP contribution in [0.15, 0.2) is 24.4 Å². The number of ether oxygens (including phenoxy) is 1. The number of rotatable bonds is 5. The van der Waals surface area contributed by atoms with Crippen molar-refractivity contribution in [3.05, 3.63) is 41.3 Å². The van der Waals surface area contributed by atoms with Gasteiger partial charge in [0.25, 0.3) is 5.91 Å².